The number of para-hydroxylation sites is 2. The van der Waals surface area contributed by atoms with Gasteiger partial charge in [-0.3, -0.25) is 14.5 Å². The fraction of sp³-hybridized carbons (Fsp3) is 0.318. The zero-order valence-corrected chi connectivity index (χ0v) is 16.7. The molecule has 2 heterocycles. The summed E-state index contributed by atoms with van der Waals surface area (Å²) in [4.78, 5) is 32.5. The summed E-state index contributed by atoms with van der Waals surface area (Å²) in [5, 5.41) is 0. The van der Waals surface area contributed by atoms with Crippen LogP contribution in [0.3, 0.4) is 0 Å². The second-order valence-corrected chi connectivity index (χ2v) is 6.98. The number of anilines is 1. The van der Waals surface area contributed by atoms with Gasteiger partial charge in [-0.1, -0.05) is 24.3 Å². The molecule has 0 saturated carbocycles. The van der Waals surface area contributed by atoms with Crippen molar-refractivity contribution in [1.82, 2.24) is 9.55 Å². The Morgan fingerprint density at radius 2 is 1.90 bits per heavy atom. The molecule has 1 aromatic heterocycles. The highest BCUT2D eigenvalue weighted by Crippen LogP contribution is 2.41. The molecule has 0 N–H and O–H groups in total. The summed E-state index contributed by atoms with van der Waals surface area (Å²) in [7, 11) is 1.54. The SMILES string of the molecule is CCOC(=O)C1C(=O)N(CCOC)c2nc3ccccc3n2C1c1ccc(F)cc1. The van der Waals surface area contributed by atoms with Gasteiger partial charge in [0.25, 0.3) is 0 Å². The number of hydrogen-bond donors (Lipinski definition) is 0. The van der Waals surface area contributed by atoms with Gasteiger partial charge in [-0.15, -0.1) is 0 Å². The number of halogens is 1. The van der Waals surface area contributed by atoms with E-state index in [-0.39, 0.29) is 19.8 Å². The number of carbonyl (C=O) groups excluding carboxylic acids is 2. The highest BCUT2D eigenvalue weighted by Gasteiger charge is 2.47. The Morgan fingerprint density at radius 3 is 2.60 bits per heavy atom. The van der Waals surface area contributed by atoms with Crippen molar-refractivity contribution in [2.45, 2.75) is 13.0 Å². The number of carbonyl (C=O) groups is 2. The Hall–Kier alpha value is -3.26. The first-order chi connectivity index (χ1) is 14.6. The van der Waals surface area contributed by atoms with Gasteiger partial charge in [0.05, 0.1) is 36.8 Å². The quantitative estimate of drug-likeness (QED) is 0.461. The molecule has 0 fully saturated rings. The van der Waals surface area contributed by atoms with Crippen molar-refractivity contribution in [1.29, 1.82) is 0 Å². The lowest BCUT2D eigenvalue weighted by Crippen LogP contribution is -2.51. The molecule has 0 aliphatic carbocycles. The van der Waals surface area contributed by atoms with Crippen molar-refractivity contribution in [3.63, 3.8) is 0 Å². The minimum absolute atomic E-state index is 0.147. The molecular weight excluding hydrogens is 389 g/mol. The largest absolute Gasteiger partial charge is 0.465 e. The molecule has 2 aromatic carbocycles. The topological polar surface area (TPSA) is 73.7 Å². The number of ether oxygens (including phenoxy) is 2. The Labute approximate surface area is 173 Å². The summed E-state index contributed by atoms with van der Waals surface area (Å²) in [5.74, 6) is -2.14. The van der Waals surface area contributed by atoms with Crippen LogP contribution < -0.4 is 4.90 Å². The number of rotatable bonds is 6. The predicted molar refractivity (Wildman–Crippen MR) is 109 cm³/mol. The van der Waals surface area contributed by atoms with Crippen molar-refractivity contribution in [2.75, 3.05) is 31.8 Å². The number of aromatic nitrogens is 2. The lowest BCUT2D eigenvalue weighted by Gasteiger charge is -2.37. The molecule has 0 bridgehead atoms. The first-order valence-corrected chi connectivity index (χ1v) is 9.76. The molecule has 3 aromatic rings. The molecule has 156 valence electrons. The van der Waals surface area contributed by atoms with E-state index in [0.29, 0.717) is 17.0 Å². The minimum Gasteiger partial charge on any atom is -0.465 e. The van der Waals surface area contributed by atoms with E-state index in [1.807, 2.05) is 28.8 Å². The maximum Gasteiger partial charge on any atom is 0.321 e. The second-order valence-electron chi connectivity index (χ2n) is 6.98. The van der Waals surface area contributed by atoms with E-state index >= 15 is 0 Å². The zero-order chi connectivity index (χ0) is 21.3. The van der Waals surface area contributed by atoms with E-state index in [1.54, 1.807) is 26.2 Å². The van der Waals surface area contributed by atoms with Gasteiger partial charge < -0.3 is 14.0 Å². The van der Waals surface area contributed by atoms with E-state index in [9.17, 15) is 14.0 Å². The van der Waals surface area contributed by atoms with Gasteiger partial charge in [-0.2, -0.15) is 0 Å². The molecule has 4 rings (SSSR count). The molecule has 30 heavy (non-hydrogen) atoms. The van der Waals surface area contributed by atoms with E-state index in [1.165, 1.54) is 17.0 Å². The van der Waals surface area contributed by atoms with Crippen molar-refractivity contribution < 1.29 is 23.5 Å². The first-order valence-electron chi connectivity index (χ1n) is 9.76. The number of benzene rings is 2. The Balaban J connectivity index is 1.97. The maximum absolute atomic E-state index is 13.6. The molecule has 2 atom stereocenters. The first kappa shape index (κ1) is 20.0. The van der Waals surface area contributed by atoms with Gasteiger partial charge in [-0.25, -0.2) is 9.37 Å². The van der Waals surface area contributed by atoms with E-state index in [2.05, 4.69) is 4.98 Å². The van der Waals surface area contributed by atoms with Gasteiger partial charge in [-0.05, 0) is 36.8 Å². The normalized spacial score (nSPS) is 18.5. The molecule has 0 radical (unpaired) electrons. The smallest absolute Gasteiger partial charge is 0.321 e. The van der Waals surface area contributed by atoms with Gasteiger partial charge >= 0.3 is 5.97 Å². The monoisotopic (exact) mass is 411 g/mol. The second kappa shape index (κ2) is 8.23. The average Bonchev–Trinajstić information content (AvgIpc) is 3.12. The van der Waals surface area contributed by atoms with Gasteiger partial charge in [0.15, 0.2) is 5.92 Å². The lowest BCUT2D eigenvalue weighted by atomic mass is 9.89. The summed E-state index contributed by atoms with van der Waals surface area (Å²) in [6, 6.07) is 12.6. The van der Waals surface area contributed by atoms with Gasteiger partial charge in [0, 0.05) is 7.11 Å². The summed E-state index contributed by atoms with van der Waals surface area (Å²) < 4.78 is 25.9. The number of hydrogen-bond acceptors (Lipinski definition) is 5. The summed E-state index contributed by atoms with van der Waals surface area (Å²) in [6.07, 6.45) is 0. The van der Waals surface area contributed by atoms with Crippen LogP contribution in [0.15, 0.2) is 48.5 Å². The summed E-state index contributed by atoms with van der Waals surface area (Å²) in [6.45, 7) is 2.36. The Morgan fingerprint density at radius 1 is 1.17 bits per heavy atom. The molecule has 2 unspecified atom stereocenters. The average molecular weight is 411 g/mol. The van der Waals surface area contributed by atoms with Crippen molar-refractivity contribution in [2.24, 2.45) is 5.92 Å². The van der Waals surface area contributed by atoms with Crippen LogP contribution in [0.4, 0.5) is 10.3 Å². The molecule has 1 aliphatic rings. The highest BCUT2D eigenvalue weighted by atomic mass is 19.1. The predicted octanol–water partition coefficient (Wildman–Crippen LogP) is 2.94. The number of imidazole rings is 1. The summed E-state index contributed by atoms with van der Waals surface area (Å²) in [5.41, 5.74) is 2.09. The summed E-state index contributed by atoms with van der Waals surface area (Å²) >= 11 is 0. The molecule has 1 aliphatic heterocycles. The van der Waals surface area contributed by atoms with Crippen molar-refractivity contribution in [3.05, 3.63) is 59.9 Å². The molecule has 7 nitrogen and oxygen atoms in total. The van der Waals surface area contributed by atoms with Crippen molar-refractivity contribution in [3.8, 4) is 0 Å². The van der Waals surface area contributed by atoms with E-state index in [0.717, 1.165) is 5.52 Å². The number of fused-ring (bicyclic) bond motifs is 3. The zero-order valence-electron chi connectivity index (χ0n) is 16.7. The van der Waals surface area contributed by atoms with E-state index in [4.69, 9.17) is 9.47 Å². The van der Waals surface area contributed by atoms with Crippen LogP contribution in [0.1, 0.15) is 18.5 Å². The Bertz CT molecular complexity index is 1080. The third-order valence-electron chi connectivity index (χ3n) is 5.22. The lowest BCUT2D eigenvalue weighted by molar-refractivity contribution is -0.153. The standard InChI is InChI=1S/C22H22FN3O4/c1-3-30-21(28)18-19(14-8-10-15(23)11-9-14)26-17-7-5-4-6-16(17)24-22(26)25(20(18)27)12-13-29-2/h4-11,18-19H,3,12-13H2,1-2H3. The van der Waals surface area contributed by atoms with Gasteiger partial charge in [0.1, 0.15) is 5.82 Å². The third kappa shape index (κ3) is 3.33. The molecule has 8 heteroatoms. The third-order valence-corrected chi connectivity index (χ3v) is 5.22. The molecular formula is C22H22FN3O4. The fourth-order valence-electron chi connectivity index (χ4n) is 3.90. The molecule has 0 spiro atoms. The number of methoxy groups -OCH3 is 1. The number of esters is 1. The molecule has 1 amide bonds. The fourth-order valence-corrected chi connectivity index (χ4v) is 3.90. The van der Waals surface area contributed by atoms with Crippen LogP contribution in [0.5, 0.6) is 0 Å². The van der Waals surface area contributed by atoms with Crippen LogP contribution in [-0.4, -0.2) is 48.3 Å². The molecule has 0 saturated heterocycles. The van der Waals surface area contributed by atoms with Crippen LogP contribution in [0.25, 0.3) is 11.0 Å². The number of nitrogens with zero attached hydrogens (tertiary/aromatic N) is 3. The number of amides is 1. The van der Waals surface area contributed by atoms with Gasteiger partial charge in [0.2, 0.25) is 11.9 Å². The Kier molecular flexibility index (Phi) is 5.50. The minimum atomic E-state index is -1.13. The van der Waals surface area contributed by atoms with Crippen LogP contribution in [-0.2, 0) is 19.1 Å². The van der Waals surface area contributed by atoms with Crippen LogP contribution >= 0.6 is 0 Å². The van der Waals surface area contributed by atoms with Crippen molar-refractivity contribution >= 4 is 28.9 Å². The van der Waals surface area contributed by atoms with Crippen LogP contribution in [0.2, 0.25) is 0 Å². The van der Waals surface area contributed by atoms with Crippen LogP contribution in [0, 0.1) is 11.7 Å². The van der Waals surface area contributed by atoms with E-state index < -0.39 is 29.7 Å². The highest BCUT2D eigenvalue weighted by molar-refractivity contribution is 6.08. The maximum atomic E-state index is 13.6.